The van der Waals surface area contributed by atoms with E-state index in [1.165, 1.54) is 11.3 Å². The molecule has 3 rings (SSSR count). The zero-order valence-corrected chi connectivity index (χ0v) is 16.3. The number of benzene rings is 1. The maximum absolute atomic E-state index is 13.1. The van der Waals surface area contributed by atoms with E-state index >= 15 is 0 Å². The Morgan fingerprint density at radius 1 is 1.22 bits per heavy atom. The Morgan fingerprint density at radius 3 is 2.67 bits per heavy atom. The van der Waals surface area contributed by atoms with Crippen LogP contribution in [0.5, 0.6) is 5.75 Å². The number of aliphatic hydroxyl groups excluding tert-OH is 1. The minimum atomic E-state index is -0.653. The molecule has 1 aromatic heterocycles. The highest BCUT2D eigenvalue weighted by molar-refractivity contribution is 7.12. The third-order valence-electron chi connectivity index (χ3n) is 4.73. The van der Waals surface area contributed by atoms with E-state index in [9.17, 15) is 14.7 Å². The summed E-state index contributed by atoms with van der Waals surface area (Å²) in [5.41, 5.74) is 0.831. The average molecular weight is 385 g/mol. The lowest BCUT2D eigenvalue weighted by molar-refractivity contribution is -0.129. The molecule has 0 fully saturated rings. The number of amides is 1. The fraction of sp³-hybridized carbons (Fsp3) is 0.333. The van der Waals surface area contributed by atoms with Gasteiger partial charge in [-0.25, -0.2) is 0 Å². The fourth-order valence-corrected chi connectivity index (χ4v) is 4.08. The first kappa shape index (κ1) is 19.2. The van der Waals surface area contributed by atoms with Crippen LogP contribution in [0.25, 0.3) is 0 Å². The van der Waals surface area contributed by atoms with E-state index in [0.717, 1.165) is 19.3 Å². The third-order valence-corrected chi connectivity index (χ3v) is 5.60. The number of carbonyl (C=O) groups is 2. The molecule has 0 radical (unpaired) electrons. The molecule has 6 heteroatoms. The van der Waals surface area contributed by atoms with Crippen LogP contribution in [-0.2, 0) is 4.79 Å². The first-order valence-corrected chi connectivity index (χ1v) is 9.93. The Morgan fingerprint density at radius 2 is 2.00 bits per heavy atom. The fourth-order valence-electron chi connectivity index (χ4n) is 3.40. The van der Waals surface area contributed by atoms with Gasteiger partial charge in [0.15, 0.2) is 5.76 Å². The molecule has 0 spiro atoms. The number of unbranched alkanes of at least 4 members (excludes halogenated alkanes) is 2. The maximum atomic E-state index is 13.1. The SMILES string of the molecule is CCCCCN1C(=O)C(O)=C(C(=O)c2cccs2)C1c1ccccc1OC. The molecule has 2 aromatic rings. The van der Waals surface area contributed by atoms with Crippen LogP contribution in [0.4, 0.5) is 0 Å². The number of carbonyl (C=O) groups excluding carboxylic acids is 2. The van der Waals surface area contributed by atoms with Crippen LogP contribution >= 0.6 is 11.3 Å². The third kappa shape index (κ3) is 3.62. The maximum Gasteiger partial charge on any atom is 0.290 e. The lowest BCUT2D eigenvalue weighted by Gasteiger charge is -2.27. The van der Waals surface area contributed by atoms with Crippen molar-refractivity contribution in [2.75, 3.05) is 13.7 Å². The van der Waals surface area contributed by atoms with Gasteiger partial charge in [-0.2, -0.15) is 0 Å². The summed E-state index contributed by atoms with van der Waals surface area (Å²) in [6, 6.07) is 10.1. The monoisotopic (exact) mass is 385 g/mol. The van der Waals surface area contributed by atoms with Gasteiger partial charge in [0, 0.05) is 12.1 Å². The summed E-state index contributed by atoms with van der Waals surface area (Å²) < 4.78 is 5.47. The van der Waals surface area contributed by atoms with Gasteiger partial charge in [-0.15, -0.1) is 11.3 Å². The van der Waals surface area contributed by atoms with Crippen LogP contribution < -0.4 is 4.74 Å². The molecule has 1 unspecified atom stereocenters. The van der Waals surface area contributed by atoms with Crippen LogP contribution in [0.3, 0.4) is 0 Å². The standard InChI is InChI=1S/C21H23NO4S/c1-3-4-7-12-22-18(14-9-5-6-10-15(14)26-2)17(20(24)21(22)25)19(23)16-11-8-13-27-16/h5-6,8-11,13,18,24H,3-4,7,12H2,1-2H3. The van der Waals surface area contributed by atoms with Crippen molar-refractivity contribution >= 4 is 23.0 Å². The summed E-state index contributed by atoms with van der Waals surface area (Å²) in [7, 11) is 1.56. The molecule has 1 amide bonds. The highest BCUT2D eigenvalue weighted by Gasteiger charge is 2.44. The van der Waals surface area contributed by atoms with Gasteiger partial charge in [0.1, 0.15) is 5.75 Å². The predicted molar refractivity (Wildman–Crippen MR) is 105 cm³/mol. The summed E-state index contributed by atoms with van der Waals surface area (Å²) in [6.45, 7) is 2.56. The smallest absolute Gasteiger partial charge is 0.290 e. The van der Waals surface area contributed by atoms with Gasteiger partial charge < -0.3 is 14.7 Å². The molecule has 1 aliphatic heterocycles. The average Bonchev–Trinajstić information content (AvgIpc) is 3.30. The second-order valence-electron chi connectivity index (χ2n) is 6.42. The van der Waals surface area contributed by atoms with Gasteiger partial charge in [0.25, 0.3) is 5.91 Å². The highest BCUT2D eigenvalue weighted by atomic mass is 32.1. The lowest BCUT2D eigenvalue weighted by atomic mass is 9.94. The molecule has 142 valence electrons. The van der Waals surface area contributed by atoms with Crippen molar-refractivity contribution in [3.05, 3.63) is 63.6 Å². The molecule has 1 N–H and O–H groups in total. The van der Waals surface area contributed by atoms with E-state index in [1.54, 1.807) is 35.6 Å². The number of para-hydroxylation sites is 1. The Bertz CT molecular complexity index is 857. The molecule has 0 aliphatic carbocycles. The minimum Gasteiger partial charge on any atom is -0.503 e. The van der Waals surface area contributed by atoms with Crippen LogP contribution in [0.2, 0.25) is 0 Å². The second kappa shape index (κ2) is 8.39. The van der Waals surface area contributed by atoms with Crippen molar-refractivity contribution < 1.29 is 19.4 Å². The molecule has 1 aliphatic rings. The van der Waals surface area contributed by atoms with Crippen LogP contribution in [0.1, 0.15) is 47.5 Å². The van der Waals surface area contributed by atoms with Crippen LogP contribution in [0.15, 0.2) is 53.1 Å². The first-order valence-electron chi connectivity index (χ1n) is 9.05. The van der Waals surface area contributed by atoms with Crippen molar-refractivity contribution in [3.8, 4) is 5.75 Å². The topological polar surface area (TPSA) is 66.8 Å². The summed E-state index contributed by atoms with van der Waals surface area (Å²) in [4.78, 5) is 28.0. The van der Waals surface area contributed by atoms with Gasteiger partial charge in [0.05, 0.1) is 23.6 Å². The van der Waals surface area contributed by atoms with Crippen molar-refractivity contribution in [2.24, 2.45) is 0 Å². The van der Waals surface area contributed by atoms with Crippen molar-refractivity contribution in [2.45, 2.75) is 32.2 Å². The number of ether oxygens (including phenoxy) is 1. The van der Waals surface area contributed by atoms with Crippen molar-refractivity contribution in [1.29, 1.82) is 0 Å². The molecule has 5 nitrogen and oxygen atoms in total. The number of aliphatic hydroxyl groups is 1. The Hall–Kier alpha value is -2.60. The number of rotatable bonds is 8. The van der Waals surface area contributed by atoms with E-state index in [1.807, 2.05) is 18.2 Å². The van der Waals surface area contributed by atoms with Gasteiger partial charge in [-0.05, 0) is 23.9 Å². The number of nitrogens with zero attached hydrogens (tertiary/aromatic N) is 1. The summed E-state index contributed by atoms with van der Waals surface area (Å²) in [5.74, 6) is -0.686. The Kier molecular flexibility index (Phi) is 5.96. The molecule has 1 aromatic carbocycles. The highest BCUT2D eigenvalue weighted by Crippen LogP contribution is 2.42. The first-order chi connectivity index (χ1) is 13.1. The number of ketones is 1. The van der Waals surface area contributed by atoms with Gasteiger partial charge in [0.2, 0.25) is 5.78 Å². The summed E-state index contributed by atoms with van der Waals surface area (Å²) >= 11 is 1.30. The summed E-state index contributed by atoms with van der Waals surface area (Å²) in [6.07, 6.45) is 2.79. The molecule has 1 atom stereocenters. The van der Waals surface area contributed by atoms with Gasteiger partial charge in [-0.3, -0.25) is 9.59 Å². The van der Waals surface area contributed by atoms with Gasteiger partial charge in [-0.1, -0.05) is 44.0 Å². The summed E-state index contributed by atoms with van der Waals surface area (Å²) in [5, 5.41) is 12.4. The van der Waals surface area contributed by atoms with Crippen LogP contribution in [-0.4, -0.2) is 35.4 Å². The minimum absolute atomic E-state index is 0.128. The second-order valence-corrected chi connectivity index (χ2v) is 7.37. The van der Waals surface area contributed by atoms with Crippen molar-refractivity contribution in [1.82, 2.24) is 4.90 Å². The number of hydrogen-bond acceptors (Lipinski definition) is 5. The number of methoxy groups -OCH3 is 1. The predicted octanol–water partition coefficient (Wildman–Crippen LogP) is 4.53. The van der Waals surface area contributed by atoms with E-state index in [2.05, 4.69) is 6.92 Å². The quantitative estimate of drug-likeness (QED) is 0.536. The molecular formula is C21H23NO4S. The molecular weight excluding hydrogens is 362 g/mol. The van der Waals surface area contributed by atoms with Crippen LogP contribution in [0, 0.1) is 0 Å². The zero-order chi connectivity index (χ0) is 19.4. The number of hydrogen-bond donors (Lipinski definition) is 1. The van der Waals surface area contributed by atoms with Gasteiger partial charge >= 0.3 is 0 Å². The van der Waals surface area contributed by atoms with E-state index in [0.29, 0.717) is 22.7 Å². The number of Topliss-reactive ketones (excluding diaryl/α,β-unsaturated/α-hetero) is 1. The van der Waals surface area contributed by atoms with E-state index < -0.39 is 17.7 Å². The zero-order valence-electron chi connectivity index (χ0n) is 15.5. The molecule has 2 heterocycles. The molecule has 0 bridgehead atoms. The Labute approximate surface area is 162 Å². The molecule has 27 heavy (non-hydrogen) atoms. The van der Waals surface area contributed by atoms with Crippen molar-refractivity contribution in [3.63, 3.8) is 0 Å². The lowest BCUT2D eigenvalue weighted by Crippen LogP contribution is -2.32. The normalized spacial score (nSPS) is 16.9. The van der Waals surface area contributed by atoms with E-state index in [4.69, 9.17) is 4.74 Å². The molecule has 0 saturated carbocycles. The number of thiophene rings is 1. The largest absolute Gasteiger partial charge is 0.503 e. The van der Waals surface area contributed by atoms with E-state index in [-0.39, 0.29) is 11.4 Å². The Balaban J connectivity index is 2.08. The molecule has 0 saturated heterocycles.